The van der Waals surface area contributed by atoms with Crippen LogP contribution in [-0.2, 0) is 11.2 Å². The lowest BCUT2D eigenvalue weighted by Gasteiger charge is -2.27. The van der Waals surface area contributed by atoms with Gasteiger partial charge >= 0.3 is 0 Å². The van der Waals surface area contributed by atoms with Crippen molar-refractivity contribution in [3.63, 3.8) is 0 Å². The highest BCUT2D eigenvalue weighted by Gasteiger charge is 2.34. The van der Waals surface area contributed by atoms with E-state index >= 15 is 0 Å². The number of fused-ring (bicyclic) bond motifs is 1. The van der Waals surface area contributed by atoms with Crippen LogP contribution in [0.5, 0.6) is 0 Å². The predicted molar refractivity (Wildman–Crippen MR) is 111 cm³/mol. The van der Waals surface area contributed by atoms with E-state index in [0.717, 1.165) is 44.6 Å². The highest BCUT2D eigenvalue weighted by molar-refractivity contribution is 5.97. The number of benzene rings is 1. The van der Waals surface area contributed by atoms with Crippen LogP contribution in [0.15, 0.2) is 54.9 Å². The van der Waals surface area contributed by atoms with Gasteiger partial charge in [0.25, 0.3) is 5.91 Å². The standard InChI is InChI=1S/C23H28N4O2/c28-22(18-6-2-1-3-7-18)26-21(13-17-5-4-10-24-14-17)23(29)27-11-8-19-15-25-16-20(19)9-12-27/h1-7,10,14,19-21,25H,8-9,11-13,15-16H2,(H,26,28)/t19-,20+,21?. The quantitative estimate of drug-likeness (QED) is 0.815. The summed E-state index contributed by atoms with van der Waals surface area (Å²) in [7, 11) is 0. The zero-order chi connectivity index (χ0) is 20.1. The fraction of sp³-hybridized carbons (Fsp3) is 0.435. The Morgan fingerprint density at radius 3 is 2.45 bits per heavy atom. The molecular formula is C23H28N4O2. The molecule has 0 radical (unpaired) electrons. The van der Waals surface area contributed by atoms with Gasteiger partial charge in [0.2, 0.25) is 5.91 Å². The lowest BCUT2D eigenvalue weighted by Crippen LogP contribution is -2.50. The Morgan fingerprint density at radius 1 is 1.07 bits per heavy atom. The number of nitrogens with zero attached hydrogens (tertiary/aromatic N) is 2. The number of carbonyl (C=O) groups excluding carboxylic acids is 2. The van der Waals surface area contributed by atoms with Crippen LogP contribution in [0.4, 0.5) is 0 Å². The van der Waals surface area contributed by atoms with E-state index in [4.69, 9.17) is 0 Å². The highest BCUT2D eigenvalue weighted by Crippen LogP contribution is 2.27. The molecule has 0 aliphatic carbocycles. The Labute approximate surface area is 171 Å². The Morgan fingerprint density at radius 2 is 1.79 bits per heavy atom. The summed E-state index contributed by atoms with van der Waals surface area (Å²) in [6.07, 6.45) is 5.96. The number of rotatable bonds is 5. The van der Waals surface area contributed by atoms with Crippen LogP contribution < -0.4 is 10.6 Å². The Balaban J connectivity index is 1.49. The first-order valence-electron chi connectivity index (χ1n) is 10.4. The molecule has 6 heteroatoms. The smallest absolute Gasteiger partial charge is 0.251 e. The van der Waals surface area contributed by atoms with Crippen LogP contribution >= 0.6 is 0 Å². The Hall–Kier alpha value is -2.73. The number of hydrogen-bond donors (Lipinski definition) is 2. The second-order valence-electron chi connectivity index (χ2n) is 8.04. The third kappa shape index (κ3) is 4.82. The Kier molecular flexibility index (Phi) is 6.20. The van der Waals surface area contributed by atoms with E-state index in [-0.39, 0.29) is 11.8 Å². The molecular weight excluding hydrogens is 364 g/mol. The van der Waals surface area contributed by atoms with Gasteiger partial charge in [0, 0.05) is 37.5 Å². The van der Waals surface area contributed by atoms with Crippen LogP contribution in [0.1, 0.15) is 28.8 Å². The van der Waals surface area contributed by atoms with Gasteiger partial charge in [0.15, 0.2) is 0 Å². The summed E-state index contributed by atoms with van der Waals surface area (Å²) in [5.41, 5.74) is 1.50. The number of carbonyl (C=O) groups is 2. The monoisotopic (exact) mass is 392 g/mol. The topological polar surface area (TPSA) is 74.3 Å². The molecule has 4 rings (SSSR count). The molecule has 2 aliphatic rings. The average molecular weight is 393 g/mol. The SMILES string of the molecule is O=C(NC(Cc1cccnc1)C(=O)N1CC[C@@H]2CNC[C@@H]2CC1)c1ccccc1. The minimum Gasteiger partial charge on any atom is -0.341 e. The van der Waals surface area contributed by atoms with Crippen LogP contribution in [-0.4, -0.2) is 53.9 Å². The first kappa shape index (κ1) is 19.6. The summed E-state index contributed by atoms with van der Waals surface area (Å²) >= 11 is 0. The maximum atomic E-state index is 13.4. The molecule has 1 aromatic heterocycles. The molecule has 2 amide bonds. The summed E-state index contributed by atoms with van der Waals surface area (Å²) in [5, 5.41) is 6.45. The van der Waals surface area contributed by atoms with Gasteiger partial charge in [0.1, 0.15) is 6.04 Å². The van der Waals surface area contributed by atoms with Crippen molar-refractivity contribution in [2.45, 2.75) is 25.3 Å². The second-order valence-corrected chi connectivity index (χ2v) is 8.04. The molecule has 29 heavy (non-hydrogen) atoms. The molecule has 0 bridgehead atoms. The van der Waals surface area contributed by atoms with Gasteiger partial charge < -0.3 is 15.5 Å². The van der Waals surface area contributed by atoms with Crippen molar-refractivity contribution in [1.29, 1.82) is 0 Å². The summed E-state index contributed by atoms with van der Waals surface area (Å²) in [5.74, 6) is 1.10. The zero-order valence-electron chi connectivity index (χ0n) is 16.6. The molecule has 2 aromatic rings. The summed E-state index contributed by atoms with van der Waals surface area (Å²) < 4.78 is 0. The first-order chi connectivity index (χ1) is 14.2. The van der Waals surface area contributed by atoms with Gasteiger partial charge in [0.05, 0.1) is 0 Å². The molecule has 2 N–H and O–H groups in total. The zero-order valence-corrected chi connectivity index (χ0v) is 16.6. The first-order valence-corrected chi connectivity index (χ1v) is 10.4. The summed E-state index contributed by atoms with van der Waals surface area (Å²) in [6.45, 7) is 3.62. The van der Waals surface area contributed by atoms with E-state index in [1.54, 1.807) is 24.5 Å². The van der Waals surface area contributed by atoms with Gasteiger partial charge in [-0.3, -0.25) is 14.6 Å². The van der Waals surface area contributed by atoms with Crippen molar-refractivity contribution >= 4 is 11.8 Å². The van der Waals surface area contributed by atoms with E-state index in [2.05, 4.69) is 15.6 Å². The normalized spacial score (nSPS) is 22.4. The fourth-order valence-corrected chi connectivity index (χ4v) is 4.44. The molecule has 1 aromatic carbocycles. The average Bonchev–Trinajstić information content (AvgIpc) is 3.12. The van der Waals surface area contributed by atoms with Crippen molar-refractivity contribution in [2.75, 3.05) is 26.2 Å². The second kappa shape index (κ2) is 9.18. The lowest BCUT2D eigenvalue weighted by atomic mass is 9.92. The number of hydrogen-bond acceptors (Lipinski definition) is 4. The van der Waals surface area contributed by atoms with Crippen molar-refractivity contribution in [3.05, 3.63) is 66.0 Å². The molecule has 6 nitrogen and oxygen atoms in total. The maximum Gasteiger partial charge on any atom is 0.251 e. The fourth-order valence-electron chi connectivity index (χ4n) is 4.44. The number of likely N-dealkylation sites (tertiary alicyclic amines) is 1. The minimum atomic E-state index is -0.594. The molecule has 2 fully saturated rings. The predicted octanol–water partition coefficient (Wildman–Crippen LogP) is 1.88. The minimum absolute atomic E-state index is 0.00562. The molecule has 3 atom stereocenters. The van der Waals surface area contributed by atoms with Crippen LogP contribution in [0.3, 0.4) is 0 Å². The Bertz CT molecular complexity index is 813. The molecule has 0 saturated carbocycles. The van der Waals surface area contributed by atoms with Crippen LogP contribution in [0.25, 0.3) is 0 Å². The van der Waals surface area contributed by atoms with Crippen molar-refractivity contribution in [2.24, 2.45) is 11.8 Å². The van der Waals surface area contributed by atoms with Gasteiger partial charge in [-0.25, -0.2) is 0 Å². The van der Waals surface area contributed by atoms with Crippen molar-refractivity contribution in [1.82, 2.24) is 20.5 Å². The summed E-state index contributed by atoms with van der Waals surface area (Å²) in [4.78, 5) is 32.3. The van der Waals surface area contributed by atoms with Crippen LogP contribution in [0, 0.1) is 11.8 Å². The number of aromatic nitrogens is 1. The van der Waals surface area contributed by atoms with Gasteiger partial charge in [-0.2, -0.15) is 0 Å². The van der Waals surface area contributed by atoms with E-state index in [0.29, 0.717) is 23.8 Å². The van der Waals surface area contributed by atoms with E-state index in [1.165, 1.54) is 0 Å². The molecule has 152 valence electrons. The summed E-state index contributed by atoms with van der Waals surface area (Å²) in [6, 6.07) is 12.3. The van der Waals surface area contributed by atoms with Crippen LogP contribution in [0.2, 0.25) is 0 Å². The third-order valence-corrected chi connectivity index (χ3v) is 6.13. The maximum absolute atomic E-state index is 13.4. The molecule has 2 aliphatic heterocycles. The molecule has 0 spiro atoms. The van der Waals surface area contributed by atoms with Crippen molar-refractivity contribution in [3.8, 4) is 0 Å². The molecule has 3 heterocycles. The number of amides is 2. The molecule has 1 unspecified atom stereocenters. The van der Waals surface area contributed by atoms with Gasteiger partial charge in [-0.05, 0) is 61.5 Å². The lowest BCUT2D eigenvalue weighted by molar-refractivity contribution is -0.133. The van der Waals surface area contributed by atoms with Gasteiger partial charge in [-0.15, -0.1) is 0 Å². The van der Waals surface area contributed by atoms with E-state index in [9.17, 15) is 9.59 Å². The number of pyridine rings is 1. The molecule has 2 saturated heterocycles. The van der Waals surface area contributed by atoms with Gasteiger partial charge in [-0.1, -0.05) is 24.3 Å². The third-order valence-electron chi connectivity index (χ3n) is 6.13. The van der Waals surface area contributed by atoms with E-state index < -0.39 is 6.04 Å². The van der Waals surface area contributed by atoms with E-state index in [1.807, 2.05) is 35.2 Å². The highest BCUT2D eigenvalue weighted by atomic mass is 16.2. The number of nitrogens with one attached hydrogen (secondary N) is 2. The largest absolute Gasteiger partial charge is 0.341 e. The van der Waals surface area contributed by atoms with Crippen molar-refractivity contribution < 1.29 is 9.59 Å².